The number of alkyl halides is 3. The fourth-order valence-electron chi connectivity index (χ4n) is 11.0. The van der Waals surface area contributed by atoms with Crippen molar-refractivity contribution >= 4 is 42.0 Å². The number of aliphatic hydroxyl groups is 2. The Bertz CT molecular complexity index is 3120. The summed E-state index contributed by atoms with van der Waals surface area (Å²) in [6, 6.07) is 13.6. The first-order valence-electron chi connectivity index (χ1n) is 33.1. The molecule has 4 saturated carbocycles. The van der Waals surface area contributed by atoms with Gasteiger partial charge >= 0.3 is 36.0 Å². The standard InChI is InChI=1S/C14H18O.C12H20O3.C11H11F3O.2C11H16O2.C11H14O2.C10H14O2/c1-3-12-6-8-13(9-7-12)15-14(2)10-4-5-11-14;1-9(2)10(13)15-12(11(3,4)14)7-5-6-8-12;1-3-8-4-6-9(7-5-8)10(2,15)11(12,13)14;1-9(2)10(12)13-11(3)7-5-4-6-8-11;2*1-4-11(7-5-6-8-11)13-10(12)9(2)3;1-8(2)9(11)12-10(3)6-4-5-7-10/h3,6-9H,1,4-5,10-11H2,2H3;14H,1,5-8H2,2-4H3;3-7,15H,1H2,2H3;5,7H,1,4,6,8H2,2-3H3;4H,1-2,5-8H2,3H3;1H,2,5-8H2,3H3;4,6H,1,5,7H2,2-3H3. The Kier molecular flexibility index (Phi) is 33.1. The predicted octanol–water partition coefficient (Wildman–Crippen LogP) is 18.8. The maximum atomic E-state index is 12.4. The van der Waals surface area contributed by atoms with E-state index in [4.69, 9.17) is 34.8 Å². The molecule has 2 aromatic carbocycles. The predicted molar refractivity (Wildman–Crippen MR) is 378 cm³/mol. The summed E-state index contributed by atoms with van der Waals surface area (Å²) >= 11 is 0. The van der Waals surface area contributed by atoms with Crippen molar-refractivity contribution < 1.29 is 75.8 Å². The van der Waals surface area contributed by atoms with Crippen molar-refractivity contribution in [2.75, 3.05) is 0 Å². The van der Waals surface area contributed by atoms with Crippen LogP contribution in [-0.4, -0.2) is 85.4 Å². The first-order valence-corrected chi connectivity index (χ1v) is 33.1. The molecule has 0 spiro atoms. The number of ether oxygens (including phenoxy) is 6. The van der Waals surface area contributed by atoms with Crippen LogP contribution in [0.3, 0.4) is 0 Å². The molecule has 2 N–H and O–H groups in total. The lowest BCUT2D eigenvalue weighted by atomic mass is 9.84. The number of hydrogen-bond donors (Lipinski definition) is 2. The number of hydrogen-bond acceptors (Lipinski definition) is 13. The summed E-state index contributed by atoms with van der Waals surface area (Å²) in [5, 5.41) is 19.4. The molecule has 0 aromatic heterocycles. The van der Waals surface area contributed by atoms with Gasteiger partial charge in [0.25, 0.3) is 0 Å². The molecular weight excluding hydrogens is 1230 g/mol. The van der Waals surface area contributed by atoms with Crippen LogP contribution in [-0.2, 0) is 53.3 Å². The lowest BCUT2D eigenvalue weighted by Crippen LogP contribution is -2.51. The average Bonchev–Trinajstić information content (AvgIpc) is 1.29. The van der Waals surface area contributed by atoms with Crippen LogP contribution in [0.1, 0.15) is 228 Å². The van der Waals surface area contributed by atoms with Crippen molar-refractivity contribution in [1.82, 2.24) is 0 Å². The number of halogens is 3. The molecule has 6 aliphatic rings. The Morgan fingerprint density at radius 3 is 1.25 bits per heavy atom. The number of carbonyl (C=O) groups excluding carboxylic acids is 5. The van der Waals surface area contributed by atoms with E-state index in [0.717, 1.165) is 127 Å². The molecule has 0 radical (unpaired) electrons. The molecule has 2 aromatic rings. The molecule has 0 amide bonds. The summed E-state index contributed by atoms with van der Waals surface area (Å²) < 4.78 is 69.9. The second-order valence-electron chi connectivity index (χ2n) is 27.2. The van der Waals surface area contributed by atoms with E-state index in [1.165, 1.54) is 56.0 Å². The van der Waals surface area contributed by atoms with Crippen LogP contribution in [0, 0.1) is 12.3 Å². The van der Waals surface area contributed by atoms with Crippen molar-refractivity contribution in [2.24, 2.45) is 0 Å². The van der Waals surface area contributed by atoms with Gasteiger partial charge in [-0.05, 0) is 258 Å². The van der Waals surface area contributed by atoms with Crippen LogP contribution in [0.2, 0.25) is 0 Å². The Labute approximate surface area is 571 Å². The van der Waals surface area contributed by atoms with E-state index >= 15 is 0 Å². The summed E-state index contributed by atoms with van der Waals surface area (Å²) in [4.78, 5) is 56.5. The van der Waals surface area contributed by atoms with Crippen molar-refractivity contribution in [3.8, 4) is 18.1 Å². The molecule has 8 rings (SSSR count). The number of terminal acetylenes is 1. The van der Waals surface area contributed by atoms with Crippen LogP contribution < -0.4 is 4.74 Å². The van der Waals surface area contributed by atoms with Gasteiger partial charge in [-0.15, -0.1) is 6.42 Å². The molecule has 6 aliphatic carbocycles. The highest BCUT2D eigenvalue weighted by atomic mass is 19.4. The Morgan fingerprint density at radius 2 is 0.875 bits per heavy atom. The van der Waals surface area contributed by atoms with Crippen LogP contribution in [0.5, 0.6) is 5.75 Å². The zero-order chi connectivity index (χ0) is 73.0. The molecule has 4 fully saturated rings. The largest absolute Gasteiger partial charge is 0.488 e. The van der Waals surface area contributed by atoms with Crippen molar-refractivity contribution in [1.29, 1.82) is 0 Å². The molecule has 13 nitrogen and oxygen atoms in total. The topological polar surface area (TPSA) is 181 Å². The molecule has 0 heterocycles. The highest BCUT2D eigenvalue weighted by Gasteiger charge is 2.51. The molecule has 16 heteroatoms. The smallest absolute Gasteiger partial charge is 0.421 e. The molecule has 0 bridgehead atoms. The summed E-state index contributed by atoms with van der Waals surface area (Å²) in [7, 11) is 0. The van der Waals surface area contributed by atoms with E-state index in [2.05, 4.69) is 71.6 Å². The Hall–Kier alpha value is -7.74. The van der Waals surface area contributed by atoms with E-state index in [-0.39, 0.29) is 35.0 Å². The van der Waals surface area contributed by atoms with Gasteiger partial charge in [0.1, 0.15) is 33.8 Å². The van der Waals surface area contributed by atoms with Gasteiger partial charge in [-0.3, -0.25) is 0 Å². The van der Waals surface area contributed by atoms with E-state index in [1.54, 1.807) is 54.5 Å². The molecule has 3 atom stereocenters. The van der Waals surface area contributed by atoms with Crippen molar-refractivity contribution in [3.05, 3.63) is 176 Å². The van der Waals surface area contributed by atoms with E-state index in [9.17, 15) is 47.4 Å². The minimum atomic E-state index is -4.68. The van der Waals surface area contributed by atoms with Gasteiger partial charge in [-0.25, -0.2) is 24.0 Å². The Balaban J connectivity index is 0.000000382. The van der Waals surface area contributed by atoms with Crippen LogP contribution in [0.4, 0.5) is 13.2 Å². The van der Waals surface area contributed by atoms with Crippen molar-refractivity contribution in [2.45, 2.75) is 262 Å². The third-order valence-electron chi connectivity index (χ3n) is 17.5. The maximum Gasteiger partial charge on any atom is 0.421 e. The van der Waals surface area contributed by atoms with Gasteiger partial charge in [-0.1, -0.05) is 119 Å². The lowest BCUT2D eigenvalue weighted by molar-refractivity contribution is -0.258. The molecular formula is C80H109F3O13. The third kappa shape index (κ3) is 27.4. The van der Waals surface area contributed by atoms with Crippen LogP contribution in [0.15, 0.2) is 159 Å². The molecule has 3 unspecified atom stereocenters. The fraction of sp³-hybridized carbons (Fsp3) is 0.512. The quantitative estimate of drug-likeness (QED) is 0.0502. The minimum absolute atomic E-state index is 0.0652. The third-order valence-corrected chi connectivity index (χ3v) is 17.5. The van der Waals surface area contributed by atoms with E-state index in [0.29, 0.717) is 33.4 Å². The highest BCUT2D eigenvalue weighted by Crippen LogP contribution is 2.43. The van der Waals surface area contributed by atoms with Crippen LogP contribution >= 0.6 is 0 Å². The van der Waals surface area contributed by atoms with Crippen molar-refractivity contribution in [3.63, 3.8) is 0 Å². The Morgan fingerprint density at radius 1 is 0.500 bits per heavy atom. The minimum Gasteiger partial charge on any atom is -0.488 e. The fourth-order valence-corrected chi connectivity index (χ4v) is 11.0. The average molecular weight is 1340 g/mol. The molecule has 0 saturated heterocycles. The number of esters is 5. The summed E-state index contributed by atoms with van der Waals surface area (Å²) in [5.74, 6) is 1.87. The van der Waals surface area contributed by atoms with Gasteiger partial charge in [0.15, 0.2) is 11.2 Å². The van der Waals surface area contributed by atoms with Gasteiger partial charge < -0.3 is 38.6 Å². The first kappa shape index (κ1) is 84.3. The van der Waals surface area contributed by atoms with Gasteiger partial charge in [0.05, 0.1) is 5.60 Å². The van der Waals surface area contributed by atoms with E-state index in [1.807, 2.05) is 62.4 Å². The number of benzene rings is 2. The number of allylic oxidation sites excluding steroid dienone is 2. The summed E-state index contributed by atoms with van der Waals surface area (Å²) in [5.41, 5.74) is -2.50. The van der Waals surface area contributed by atoms with Gasteiger partial charge in [0.2, 0.25) is 0 Å². The van der Waals surface area contributed by atoms with Gasteiger partial charge in [-0.2, -0.15) is 13.2 Å². The monoisotopic (exact) mass is 1330 g/mol. The zero-order valence-electron chi connectivity index (χ0n) is 59.3. The van der Waals surface area contributed by atoms with Gasteiger partial charge in [0, 0.05) is 27.9 Å². The van der Waals surface area contributed by atoms with Crippen LogP contribution in [0.25, 0.3) is 12.2 Å². The van der Waals surface area contributed by atoms with E-state index < -0.39 is 51.4 Å². The summed E-state index contributed by atoms with van der Waals surface area (Å²) in [6.07, 6.45) is 34.8. The SMILES string of the molecule is C#CC1(OC(=O)C(=C)C)CCCC1.C=C(C)C(=O)OC1(C(C)(C)O)CCCC1.C=C(C)C(=O)OC1(C)C=CCC1.C=C(C)C(=O)OC1(C)C=CCCC1.C=CC1(OC(=O)C(=C)C)CCCC1.C=Cc1ccc(C(C)(O)C(F)(F)F)cc1.C=Cc1ccc(OC2(C)CCCC2)cc1. The molecule has 528 valence electrons. The normalized spacial score (nSPS) is 20.8. The summed E-state index contributed by atoms with van der Waals surface area (Å²) in [6.45, 7) is 47.1. The maximum absolute atomic E-state index is 12.4. The number of rotatable bonds is 17. The second-order valence-corrected chi connectivity index (χ2v) is 27.2. The zero-order valence-corrected chi connectivity index (χ0v) is 59.3. The second kappa shape index (κ2) is 37.7. The molecule has 0 aliphatic heterocycles. The number of carbonyl (C=O) groups is 5. The molecule has 96 heavy (non-hydrogen) atoms. The first-order chi connectivity index (χ1) is 44.5. The highest BCUT2D eigenvalue weighted by molar-refractivity contribution is 5.89. The lowest BCUT2D eigenvalue weighted by Gasteiger charge is -2.39.